The topological polar surface area (TPSA) is 44.8 Å². The number of carbonyl (C=O) groups is 1. The summed E-state index contributed by atoms with van der Waals surface area (Å²) >= 11 is 0. The molecule has 1 amide bonds. The molecule has 2 rings (SSSR count). The van der Waals surface area contributed by atoms with E-state index in [9.17, 15) is 4.79 Å². The van der Waals surface area contributed by atoms with Crippen molar-refractivity contribution in [1.29, 1.82) is 0 Å². The molecule has 5 heteroatoms. The largest absolute Gasteiger partial charge is 0.368 e. The summed E-state index contributed by atoms with van der Waals surface area (Å²) < 4.78 is 5.62. The van der Waals surface area contributed by atoms with E-state index in [1.165, 1.54) is 0 Å². The molecule has 110 valence electrons. The summed E-state index contributed by atoms with van der Waals surface area (Å²) in [6, 6.07) is 0.563. The Hall–Kier alpha value is -0.650. The third kappa shape index (κ3) is 3.09. The lowest BCUT2D eigenvalue weighted by molar-refractivity contribution is -0.160. The fourth-order valence-electron chi connectivity index (χ4n) is 3.07. The Morgan fingerprint density at radius 1 is 1.16 bits per heavy atom. The molecule has 2 heterocycles. The highest BCUT2D eigenvalue weighted by Crippen LogP contribution is 2.25. The predicted octanol–water partition coefficient (Wildman–Crippen LogP) is 0.308. The molecule has 0 atom stereocenters. The highest BCUT2D eigenvalue weighted by molar-refractivity contribution is 5.85. The number of rotatable bonds is 3. The number of methoxy groups -OCH3 is 1. The molecule has 1 N–H and O–H groups in total. The van der Waals surface area contributed by atoms with Crippen molar-refractivity contribution < 1.29 is 9.53 Å². The van der Waals surface area contributed by atoms with E-state index in [1.54, 1.807) is 7.11 Å². The van der Waals surface area contributed by atoms with Gasteiger partial charge in [-0.1, -0.05) is 0 Å². The first-order chi connectivity index (χ1) is 9.09. The Kier molecular flexibility index (Phi) is 4.81. The average molecular weight is 269 g/mol. The van der Waals surface area contributed by atoms with Gasteiger partial charge in [0.2, 0.25) is 0 Å². The van der Waals surface area contributed by atoms with Crippen LogP contribution in [0.15, 0.2) is 0 Å². The van der Waals surface area contributed by atoms with Crippen molar-refractivity contribution in [2.24, 2.45) is 0 Å². The Bertz CT molecular complexity index is 306. The first kappa shape index (κ1) is 14.8. The standard InChI is InChI=1S/C14H27N3O2/c1-12(2)16-8-10-17(11-9-16)13(18)14(19-3)4-6-15-7-5-14/h12,15H,4-11H2,1-3H3. The van der Waals surface area contributed by atoms with E-state index in [4.69, 9.17) is 4.74 Å². The van der Waals surface area contributed by atoms with Gasteiger partial charge in [0.05, 0.1) is 0 Å². The maximum absolute atomic E-state index is 12.7. The molecule has 5 nitrogen and oxygen atoms in total. The van der Waals surface area contributed by atoms with Gasteiger partial charge in [0.1, 0.15) is 5.60 Å². The van der Waals surface area contributed by atoms with Crippen LogP contribution in [-0.4, -0.2) is 73.7 Å². The second kappa shape index (κ2) is 6.20. The summed E-state index contributed by atoms with van der Waals surface area (Å²) in [5.74, 6) is 0.194. The minimum absolute atomic E-state index is 0.194. The van der Waals surface area contributed by atoms with Crippen LogP contribution in [0.1, 0.15) is 26.7 Å². The van der Waals surface area contributed by atoms with Crippen molar-refractivity contribution >= 4 is 5.91 Å². The molecule has 0 unspecified atom stereocenters. The minimum Gasteiger partial charge on any atom is -0.368 e. The molecule has 0 aromatic carbocycles. The number of ether oxygens (including phenoxy) is 1. The second-order valence-corrected chi connectivity index (χ2v) is 5.87. The molecule has 0 saturated carbocycles. The molecule has 2 fully saturated rings. The van der Waals surface area contributed by atoms with Crippen LogP contribution < -0.4 is 5.32 Å². The molecular weight excluding hydrogens is 242 g/mol. The van der Waals surface area contributed by atoms with Crippen LogP contribution in [0.25, 0.3) is 0 Å². The minimum atomic E-state index is -0.578. The lowest BCUT2D eigenvalue weighted by Crippen LogP contribution is -2.59. The predicted molar refractivity (Wildman–Crippen MR) is 75.1 cm³/mol. The summed E-state index contributed by atoms with van der Waals surface area (Å²) in [6.07, 6.45) is 1.57. The summed E-state index contributed by atoms with van der Waals surface area (Å²) in [7, 11) is 1.67. The maximum atomic E-state index is 12.7. The van der Waals surface area contributed by atoms with Crippen LogP contribution in [0.4, 0.5) is 0 Å². The van der Waals surface area contributed by atoms with E-state index in [1.807, 2.05) is 4.90 Å². The van der Waals surface area contributed by atoms with Gasteiger partial charge >= 0.3 is 0 Å². The lowest BCUT2D eigenvalue weighted by Gasteiger charge is -2.43. The molecule has 2 aliphatic rings. The van der Waals surface area contributed by atoms with Gasteiger partial charge in [-0.2, -0.15) is 0 Å². The van der Waals surface area contributed by atoms with Gasteiger partial charge in [-0.3, -0.25) is 9.69 Å². The van der Waals surface area contributed by atoms with Crippen molar-refractivity contribution in [2.45, 2.75) is 38.3 Å². The van der Waals surface area contributed by atoms with Crippen LogP contribution in [0, 0.1) is 0 Å². The number of nitrogens with zero attached hydrogens (tertiary/aromatic N) is 2. The number of piperidine rings is 1. The molecule has 0 aromatic rings. The maximum Gasteiger partial charge on any atom is 0.254 e. The zero-order chi connectivity index (χ0) is 13.9. The Balaban J connectivity index is 1.96. The van der Waals surface area contributed by atoms with Crippen molar-refractivity contribution in [3.05, 3.63) is 0 Å². The summed E-state index contributed by atoms with van der Waals surface area (Å²) in [5, 5.41) is 3.29. The van der Waals surface area contributed by atoms with E-state index in [0.29, 0.717) is 6.04 Å². The zero-order valence-corrected chi connectivity index (χ0v) is 12.4. The monoisotopic (exact) mass is 269 g/mol. The van der Waals surface area contributed by atoms with Crippen LogP contribution in [0.5, 0.6) is 0 Å². The van der Waals surface area contributed by atoms with Gasteiger partial charge < -0.3 is 15.0 Å². The highest BCUT2D eigenvalue weighted by atomic mass is 16.5. The number of hydrogen-bond donors (Lipinski definition) is 1. The van der Waals surface area contributed by atoms with Gasteiger partial charge in [-0.25, -0.2) is 0 Å². The molecule has 0 radical (unpaired) electrons. The van der Waals surface area contributed by atoms with Gasteiger partial charge in [0, 0.05) is 39.3 Å². The first-order valence-electron chi connectivity index (χ1n) is 7.38. The van der Waals surface area contributed by atoms with E-state index in [0.717, 1.165) is 52.1 Å². The number of nitrogens with one attached hydrogen (secondary N) is 1. The van der Waals surface area contributed by atoms with Crippen LogP contribution >= 0.6 is 0 Å². The zero-order valence-electron chi connectivity index (χ0n) is 12.4. The molecule has 0 bridgehead atoms. The molecule has 0 aliphatic carbocycles. The van der Waals surface area contributed by atoms with E-state index >= 15 is 0 Å². The highest BCUT2D eigenvalue weighted by Gasteiger charge is 2.42. The smallest absolute Gasteiger partial charge is 0.254 e. The third-order valence-electron chi connectivity index (χ3n) is 4.52. The average Bonchev–Trinajstić information content (AvgIpc) is 2.47. The quantitative estimate of drug-likeness (QED) is 0.801. The lowest BCUT2D eigenvalue weighted by atomic mass is 9.90. The van der Waals surface area contributed by atoms with E-state index in [2.05, 4.69) is 24.1 Å². The number of piperazine rings is 1. The molecule has 0 spiro atoms. The molecule has 0 aromatic heterocycles. The van der Waals surface area contributed by atoms with Gasteiger partial charge in [-0.15, -0.1) is 0 Å². The SMILES string of the molecule is COC1(C(=O)N2CCN(C(C)C)CC2)CCNCC1. The fourth-order valence-corrected chi connectivity index (χ4v) is 3.07. The Labute approximate surface area is 116 Å². The van der Waals surface area contributed by atoms with Gasteiger partial charge in [0.15, 0.2) is 0 Å². The second-order valence-electron chi connectivity index (χ2n) is 5.87. The van der Waals surface area contributed by atoms with Crippen molar-refractivity contribution in [3.8, 4) is 0 Å². The van der Waals surface area contributed by atoms with Crippen molar-refractivity contribution in [3.63, 3.8) is 0 Å². The summed E-state index contributed by atoms with van der Waals surface area (Å²) in [6.45, 7) is 9.76. The van der Waals surface area contributed by atoms with Crippen LogP contribution in [-0.2, 0) is 9.53 Å². The van der Waals surface area contributed by atoms with E-state index in [-0.39, 0.29) is 5.91 Å². The number of hydrogen-bond acceptors (Lipinski definition) is 4. The normalized spacial score (nSPS) is 24.7. The Morgan fingerprint density at radius 2 is 1.74 bits per heavy atom. The Morgan fingerprint density at radius 3 is 2.21 bits per heavy atom. The molecular formula is C14H27N3O2. The van der Waals surface area contributed by atoms with Crippen molar-refractivity contribution in [2.75, 3.05) is 46.4 Å². The summed E-state index contributed by atoms with van der Waals surface area (Å²) in [4.78, 5) is 17.2. The van der Waals surface area contributed by atoms with Crippen molar-refractivity contribution in [1.82, 2.24) is 15.1 Å². The number of amides is 1. The van der Waals surface area contributed by atoms with Gasteiger partial charge in [0.25, 0.3) is 5.91 Å². The van der Waals surface area contributed by atoms with E-state index < -0.39 is 5.60 Å². The fraction of sp³-hybridized carbons (Fsp3) is 0.929. The first-order valence-corrected chi connectivity index (χ1v) is 7.38. The summed E-state index contributed by atoms with van der Waals surface area (Å²) in [5.41, 5.74) is -0.578. The molecule has 2 saturated heterocycles. The molecule has 19 heavy (non-hydrogen) atoms. The molecule has 2 aliphatic heterocycles. The van der Waals surface area contributed by atoms with Crippen LogP contribution in [0.2, 0.25) is 0 Å². The third-order valence-corrected chi connectivity index (χ3v) is 4.52. The van der Waals surface area contributed by atoms with Gasteiger partial charge in [-0.05, 0) is 39.8 Å². The number of carbonyl (C=O) groups excluding carboxylic acids is 1. The van der Waals surface area contributed by atoms with Crippen LogP contribution in [0.3, 0.4) is 0 Å².